The molecule has 1 amide bonds. The summed E-state index contributed by atoms with van der Waals surface area (Å²) in [5.74, 6) is -0.906. The zero-order valence-electron chi connectivity index (χ0n) is 16.3. The summed E-state index contributed by atoms with van der Waals surface area (Å²) in [7, 11) is 0. The Morgan fingerprint density at radius 3 is 2.70 bits per heavy atom. The molecule has 156 valence electrons. The summed E-state index contributed by atoms with van der Waals surface area (Å²) in [6.45, 7) is 1.39. The van der Waals surface area contributed by atoms with Crippen molar-refractivity contribution in [3.05, 3.63) is 71.6 Å². The van der Waals surface area contributed by atoms with Crippen LogP contribution in [0.4, 0.5) is 10.1 Å². The van der Waals surface area contributed by atoms with Crippen LogP contribution in [0.15, 0.2) is 53.1 Å². The lowest BCUT2D eigenvalue weighted by Gasteiger charge is -2.11. The van der Waals surface area contributed by atoms with Gasteiger partial charge in [-0.05, 0) is 30.7 Å². The van der Waals surface area contributed by atoms with Crippen molar-refractivity contribution in [1.29, 1.82) is 0 Å². The van der Waals surface area contributed by atoms with Crippen LogP contribution in [0, 0.1) is 5.82 Å². The number of aryl methyl sites for hydroxylation is 1. The van der Waals surface area contributed by atoms with Gasteiger partial charge in [-0.25, -0.2) is 9.18 Å². The van der Waals surface area contributed by atoms with Gasteiger partial charge in [0.2, 0.25) is 0 Å². The Labute approximate surface area is 172 Å². The number of halogens is 1. The molecule has 0 saturated heterocycles. The third-order valence-corrected chi connectivity index (χ3v) is 3.92. The minimum absolute atomic E-state index is 0.0424. The van der Waals surface area contributed by atoms with E-state index in [9.17, 15) is 14.0 Å². The molecule has 0 saturated carbocycles. The fourth-order valence-corrected chi connectivity index (χ4v) is 2.53. The van der Waals surface area contributed by atoms with Gasteiger partial charge in [-0.15, -0.1) is 0 Å². The molecule has 0 aliphatic carbocycles. The summed E-state index contributed by atoms with van der Waals surface area (Å²) in [4.78, 5) is 28.6. The van der Waals surface area contributed by atoms with Crippen molar-refractivity contribution in [2.24, 2.45) is 0 Å². The largest absolute Gasteiger partial charge is 0.483 e. The first kappa shape index (κ1) is 21.0. The van der Waals surface area contributed by atoms with Crippen molar-refractivity contribution in [2.45, 2.75) is 26.4 Å². The van der Waals surface area contributed by atoms with Gasteiger partial charge in [-0.2, -0.15) is 4.98 Å². The normalized spacial score (nSPS) is 10.5. The molecule has 1 N–H and O–H groups in total. The number of aromatic nitrogens is 2. The van der Waals surface area contributed by atoms with Crippen molar-refractivity contribution in [1.82, 2.24) is 10.1 Å². The number of amides is 1. The zero-order chi connectivity index (χ0) is 21.3. The Hall–Kier alpha value is -3.75. The maximum Gasteiger partial charge on any atom is 0.342 e. The number of nitrogens with one attached hydrogen (secondary N) is 1. The van der Waals surface area contributed by atoms with Crippen LogP contribution in [0.5, 0.6) is 5.75 Å². The lowest BCUT2D eigenvalue weighted by molar-refractivity contribution is -0.118. The van der Waals surface area contributed by atoms with Crippen LogP contribution >= 0.6 is 0 Å². The molecular formula is C21H20FN3O5. The fourth-order valence-electron chi connectivity index (χ4n) is 2.53. The lowest BCUT2D eigenvalue weighted by Crippen LogP contribution is -2.21. The molecule has 0 aliphatic heterocycles. The van der Waals surface area contributed by atoms with E-state index in [2.05, 4.69) is 15.5 Å². The van der Waals surface area contributed by atoms with Gasteiger partial charge < -0.3 is 19.3 Å². The highest BCUT2D eigenvalue weighted by Crippen LogP contribution is 2.20. The van der Waals surface area contributed by atoms with E-state index in [4.69, 9.17) is 14.0 Å². The quantitative estimate of drug-likeness (QED) is 0.535. The molecule has 0 fully saturated rings. The Balaban J connectivity index is 1.57. The topological polar surface area (TPSA) is 104 Å². The SMILES string of the molecule is CCCc1noc(COC(=O)c2ccccc2OCC(=O)Nc2ccccc2F)n1. The molecule has 0 aliphatic rings. The van der Waals surface area contributed by atoms with E-state index in [-0.39, 0.29) is 29.5 Å². The van der Waals surface area contributed by atoms with E-state index < -0.39 is 24.3 Å². The number of anilines is 1. The number of benzene rings is 2. The number of ether oxygens (including phenoxy) is 2. The molecule has 30 heavy (non-hydrogen) atoms. The van der Waals surface area contributed by atoms with Gasteiger partial charge in [0.1, 0.15) is 17.1 Å². The maximum atomic E-state index is 13.6. The number of hydrogen-bond donors (Lipinski definition) is 1. The molecule has 2 aromatic carbocycles. The van der Waals surface area contributed by atoms with E-state index >= 15 is 0 Å². The Kier molecular flexibility index (Phi) is 7.09. The van der Waals surface area contributed by atoms with E-state index in [1.54, 1.807) is 18.2 Å². The Morgan fingerprint density at radius 2 is 1.90 bits per heavy atom. The van der Waals surface area contributed by atoms with Crippen molar-refractivity contribution in [2.75, 3.05) is 11.9 Å². The van der Waals surface area contributed by atoms with Gasteiger partial charge >= 0.3 is 5.97 Å². The van der Waals surface area contributed by atoms with Gasteiger partial charge in [0.05, 0.1) is 5.69 Å². The molecule has 0 bridgehead atoms. The molecule has 8 nitrogen and oxygen atoms in total. The highest BCUT2D eigenvalue weighted by Gasteiger charge is 2.17. The summed E-state index contributed by atoms with van der Waals surface area (Å²) in [6.07, 6.45) is 1.54. The number of hydrogen-bond acceptors (Lipinski definition) is 7. The lowest BCUT2D eigenvalue weighted by atomic mass is 10.2. The van der Waals surface area contributed by atoms with Crippen molar-refractivity contribution >= 4 is 17.6 Å². The van der Waals surface area contributed by atoms with Gasteiger partial charge in [-0.3, -0.25) is 4.79 Å². The minimum atomic E-state index is -0.671. The number of carbonyl (C=O) groups is 2. The molecule has 3 rings (SSSR count). The van der Waals surface area contributed by atoms with Gasteiger partial charge in [-0.1, -0.05) is 36.3 Å². The van der Waals surface area contributed by atoms with Crippen LogP contribution in [0.25, 0.3) is 0 Å². The van der Waals surface area contributed by atoms with E-state index in [1.165, 1.54) is 30.3 Å². The van der Waals surface area contributed by atoms with Gasteiger partial charge in [0, 0.05) is 6.42 Å². The second-order valence-electron chi connectivity index (χ2n) is 6.24. The van der Waals surface area contributed by atoms with Gasteiger partial charge in [0.15, 0.2) is 19.0 Å². The predicted octanol–water partition coefficient (Wildman–Crippen LogP) is 3.54. The summed E-state index contributed by atoms with van der Waals surface area (Å²) in [6, 6.07) is 12.1. The molecule has 9 heteroatoms. The van der Waals surface area contributed by atoms with E-state index in [1.807, 2.05) is 6.92 Å². The highest BCUT2D eigenvalue weighted by atomic mass is 19.1. The van der Waals surface area contributed by atoms with Crippen molar-refractivity contribution < 1.29 is 28.0 Å². The highest BCUT2D eigenvalue weighted by molar-refractivity contribution is 5.94. The second kappa shape index (κ2) is 10.1. The average Bonchev–Trinajstić information content (AvgIpc) is 3.20. The van der Waals surface area contributed by atoms with Crippen LogP contribution in [-0.2, 0) is 22.6 Å². The molecule has 3 aromatic rings. The van der Waals surface area contributed by atoms with Crippen LogP contribution < -0.4 is 10.1 Å². The number of nitrogens with zero attached hydrogens (tertiary/aromatic N) is 2. The third kappa shape index (κ3) is 5.63. The number of carbonyl (C=O) groups excluding carboxylic acids is 2. The second-order valence-corrected chi connectivity index (χ2v) is 6.24. The summed E-state index contributed by atoms with van der Waals surface area (Å²) >= 11 is 0. The van der Waals surface area contributed by atoms with Crippen LogP contribution in [0.2, 0.25) is 0 Å². The summed E-state index contributed by atoms with van der Waals surface area (Å²) in [5, 5.41) is 6.20. The van der Waals surface area contributed by atoms with E-state index in [0.29, 0.717) is 12.2 Å². The number of rotatable bonds is 9. The van der Waals surface area contributed by atoms with Crippen molar-refractivity contribution in [3.63, 3.8) is 0 Å². The molecular weight excluding hydrogens is 393 g/mol. The first-order valence-electron chi connectivity index (χ1n) is 9.31. The molecule has 0 unspecified atom stereocenters. The van der Waals surface area contributed by atoms with Crippen LogP contribution in [-0.4, -0.2) is 28.6 Å². The Morgan fingerprint density at radius 1 is 1.13 bits per heavy atom. The molecule has 1 heterocycles. The first-order chi connectivity index (χ1) is 14.6. The smallest absolute Gasteiger partial charge is 0.342 e. The molecule has 0 spiro atoms. The summed E-state index contributed by atoms with van der Waals surface area (Å²) in [5.41, 5.74) is 0.172. The maximum absolute atomic E-state index is 13.6. The molecule has 1 aromatic heterocycles. The van der Waals surface area contributed by atoms with Crippen LogP contribution in [0.3, 0.4) is 0 Å². The number of para-hydroxylation sites is 2. The first-order valence-corrected chi connectivity index (χ1v) is 9.31. The predicted molar refractivity (Wildman–Crippen MR) is 104 cm³/mol. The Bertz CT molecular complexity index is 1020. The summed E-state index contributed by atoms with van der Waals surface area (Å²) < 4.78 is 29.3. The van der Waals surface area contributed by atoms with Crippen molar-refractivity contribution in [3.8, 4) is 5.75 Å². The van der Waals surface area contributed by atoms with Gasteiger partial charge in [0.25, 0.3) is 11.8 Å². The third-order valence-electron chi connectivity index (χ3n) is 3.92. The molecule has 0 radical (unpaired) electrons. The fraction of sp³-hybridized carbons (Fsp3) is 0.238. The zero-order valence-corrected chi connectivity index (χ0v) is 16.3. The minimum Gasteiger partial charge on any atom is -0.483 e. The number of esters is 1. The standard InChI is InChI=1S/C21H20FN3O5/c1-2-7-18-24-20(30-25-18)13-29-21(27)14-8-3-6-11-17(14)28-12-19(26)23-16-10-5-4-9-15(16)22/h3-6,8-11H,2,7,12-13H2,1H3,(H,23,26). The molecule has 0 atom stereocenters. The average molecular weight is 413 g/mol. The van der Waals surface area contributed by atoms with Crippen LogP contribution in [0.1, 0.15) is 35.4 Å². The van der Waals surface area contributed by atoms with E-state index in [0.717, 1.165) is 6.42 Å². The monoisotopic (exact) mass is 413 g/mol.